The summed E-state index contributed by atoms with van der Waals surface area (Å²) in [5.74, 6) is -1.44. The lowest BCUT2D eigenvalue weighted by molar-refractivity contribution is -0.138. The molecule has 2 aromatic rings. The lowest BCUT2D eigenvalue weighted by Gasteiger charge is -2.27. The van der Waals surface area contributed by atoms with Crippen LogP contribution < -0.4 is 11.1 Å². The zero-order valence-corrected chi connectivity index (χ0v) is 14.9. The maximum absolute atomic E-state index is 12.3. The Morgan fingerprint density at radius 1 is 1.20 bits per heavy atom. The molecule has 2 rings (SSSR count). The number of amides is 1. The molecule has 1 amide bonds. The number of carbonyl (C=O) groups is 2. The molecule has 0 aliphatic rings. The monoisotopic (exact) mass is 381 g/mol. The number of pyridine rings is 1. The largest absolute Gasteiger partial charge is 0.481 e. The van der Waals surface area contributed by atoms with Gasteiger partial charge < -0.3 is 16.2 Å². The normalized spacial score (nSPS) is 13.1. The Bertz CT molecular complexity index is 776. The van der Waals surface area contributed by atoms with Gasteiger partial charge in [-0.15, -0.1) is 0 Å². The molecule has 0 saturated carbocycles. The van der Waals surface area contributed by atoms with E-state index in [-0.39, 0.29) is 22.0 Å². The number of halogens is 2. The Labute approximate surface area is 155 Å². The molecule has 1 aromatic carbocycles. The third-order valence-corrected chi connectivity index (χ3v) is 4.47. The highest BCUT2D eigenvalue weighted by Crippen LogP contribution is 2.28. The maximum Gasteiger partial charge on any atom is 0.305 e. The fraction of sp³-hybridized carbons (Fsp3) is 0.235. The number of nitrogens with one attached hydrogen (secondary N) is 1. The molecule has 1 atom stereocenters. The summed E-state index contributed by atoms with van der Waals surface area (Å²) in [5.41, 5.74) is 6.54. The van der Waals surface area contributed by atoms with E-state index in [1.54, 1.807) is 24.3 Å². The molecule has 0 bridgehead atoms. The van der Waals surface area contributed by atoms with E-state index in [1.807, 2.05) is 6.92 Å². The molecule has 0 radical (unpaired) electrons. The number of carbonyl (C=O) groups excluding carboxylic acids is 1. The van der Waals surface area contributed by atoms with Crippen molar-refractivity contribution in [3.05, 3.63) is 57.8 Å². The zero-order valence-electron chi connectivity index (χ0n) is 13.4. The van der Waals surface area contributed by atoms with Crippen molar-refractivity contribution in [2.45, 2.75) is 25.3 Å². The van der Waals surface area contributed by atoms with Gasteiger partial charge in [0.2, 0.25) is 0 Å². The minimum Gasteiger partial charge on any atom is -0.481 e. The average molecular weight is 382 g/mol. The first-order valence-electron chi connectivity index (χ1n) is 7.48. The van der Waals surface area contributed by atoms with Gasteiger partial charge in [-0.3, -0.25) is 14.6 Å². The number of aliphatic carboxylic acids is 1. The molecule has 1 heterocycles. The Hall–Kier alpha value is -2.15. The minimum absolute atomic E-state index is 0.134. The second kappa shape index (κ2) is 7.82. The van der Waals surface area contributed by atoms with Crippen molar-refractivity contribution in [1.82, 2.24) is 4.98 Å². The standard InChI is InChI=1S/C17H17Cl2N3O3/c1-2-17(20,7-14(23)24)10-3-5-11(6-4-10)22-16(25)15-12(18)8-21-9-13(15)19/h3-6,8-9H,2,7,20H2,1H3,(H,22,25)(H,23,24). The van der Waals surface area contributed by atoms with Crippen LogP contribution >= 0.6 is 23.2 Å². The van der Waals surface area contributed by atoms with Gasteiger partial charge in [0.1, 0.15) is 0 Å². The number of nitrogens with zero attached hydrogens (tertiary/aromatic N) is 1. The first-order chi connectivity index (χ1) is 11.8. The first kappa shape index (κ1) is 19.2. The lowest BCUT2D eigenvalue weighted by atomic mass is 9.85. The molecular weight excluding hydrogens is 365 g/mol. The lowest BCUT2D eigenvalue weighted by Crippen LogP contribution is -2.38. The fourth-order valence-corrected chi connectivity index (χ4v) is 2.94. The van der Waals surface area contributed by atoms with Gasteiger partial charge in [-0.25, -0.2) is 0 Å². The van der Waals surface area contributed by atoms with Crippen molar-refractivity contribution < 1.29 is 14.7 Å². The van der Waals surface area contributed by atoms with Crippen LogP contribution in [0.25, 0.3) is 0 Å². The van der Waals surface area contributed by atoms with Crippen molar-refractivity contribution in [2.24, 2.45) is 5.73 Å². The van der Waals surface area contributed by atoms with E-state index in [1.165, 1.54) is 12.4 Å². The molecule has 8 heteroatoms. The summed E-state index contributed by atoms with van der Waals surface area (Å²) in [4.78, 5) is 27.1. The Kier molecular flexibility index (Phi) is 6.00. The third kappa shape index (κ3) is 4.48. The van der Waals surface area contributed by atoms with E-state index in [9.17, 15) is 9.59 Å². The summed E-state index contributed by atoms with van der Waals surface area (Å²) in [6.07, 6.45) is 2.95. The van der Waals surface area contributed by atoms with Gasteiger partial charge in [0.15, 0.2) is 0 Å². The molecule has 4 N–H and O–H groups in total. The van der Waals surface area contributed by atoms with Crippen LogP contribution in [0.4, 0.5) is 5.69 Å². The van der Waals surface area contributed by atoms with Crippen molar-refractivity contribution in [3.63, 3.8) is 0 Å². The number of hydrogen-bond donors (Lipinski definition) is 3. The fourth-order valence-electron chi connectivity index (χ4n) is 2.41. The molecule has 132 valence electrons. The highest BCUT2D eigenvalue weighted by molar-refractivity contribution is 6.40. The van der Waals surface area contributed by atoms with E-state index in [4.69, 9.17) is 34.0 Å². The van der Waals surface area contributed by atoms with Gasteiger partial charge in [0.25, 0.3) is 5.91 Å². The second-order valence-electron chi connectivity index (χ2n) is 5.59. The van der Waals surface area contributed by atoms with Crippen LogP contribution in [0.1, 0.15) is 35.7 Å². The van der Waals surface area contributed by atoms with Crippen molar-refractivity contribution in [1.29, 1.82) is 0 Å². The van der Waals surface area contributed by atoms with Crippen LogP contribution in [0.2, 0.25) is 10.0 Å². The van der Waals surface area contributed by atoms with Crippen LogP contribution in [-0.2, 0) is 10.3 Å². The Morgan fingerprint density at radius 3 is 2.24 bits per heavy atom. The SMILES string of the molecule is CCC(N)(CC(=O)O)c1ccc(NC(=O)c2c(Cl)cncc2Cl)cc1. The molecule has 0 aliphatic heterocycles. The average Bonchev–Trinajstić information content (AvgIpc) is 2.54. The highest BCUT2D eigenvalue weighted by Gasteiger charge is 2.28. The van der Waals surface area contributed by atoms with Gasteiger partial charge in [-0.1, -0.05) is 42.3 Å². The van der Waals surface area contributed by atoms with Crippen molar-refractivity contribution in [3.8, 4) is 0 Å². The smallest absolute Gasteiger partial charge is 0.305 e. The predicted molar refractivity (Wildman–Crippen MR) is 97.1 cm³/mol. The van der Waals surface area contributed by atoms with Crippen LogP contribution in [0.5, 0.6) is 0 Å². The molecule has 0 fully saturated rings. The number of rotatable bonds is 6. The van der Waals surface area contributed by atoms with Gasteiger partial charge >= 0.3 is 5.97 Å². The zero-order chi connectivity index (χ0) is 18.6. The van der Waals surface area contributed by atoms with Gasteiger partial charge in [-0.2, -0.15) is 0 Å². The molecular formula is C17H17Cl2N3O3. The van der Waals surface area contributed by atoms with Crippen LogP contribution in [0, 0.1) is 0 Å². The summed E-state index contributed by atoms with van der Waals surface area (Å²) in [7, 11) is 0. The van der Waals surface area contributed by atoms with E-state index < -0.39 is 17.4 Å². The maximum atomic E-state index is 12.3. The minimum atomic E-state index is -0.969. The topological polar surface area (TPSA) is 105 Å². The molecule has 1 unspecified atom stereocenters. The van der Waals surface area contributed by atoms with Crippen LogP contribution in [0.15, 0.2) is 36.7 Å². The van der Waals surface area contributed by atoms with Crippen molar-refractivity contribution in [2.75, 3.05) is 5.32 Å². The van der Waals surface area contributed by atoms with Crippen LogP contribution in [0.3, 0.4) is 0 Å². The second-order valence-corrected chi connectivity index (χ2v) is 6.40. The number of carboxylic acids is 1. The van der Waals surface area contributed by atoms with E-state index in [2.05, 4.69) is 10.3 Å². The third-order valence-electron chi connectivity index (χ3n) is 3.90. The molecule has 1 aromatic heterocycles. The first-order valence-corrected chi connectivity index (χ1v) is 8.24. The number of carboxylic acid groups (broad SMARTS) is 1. The van der Waals surface area contributed by atoms with Gasteiger partial charge in [0, 0.05) is 18.1 Å². The summed E-state index contributed by atoms with van der Waals surface area (Å²) >= 11 is 11.9. The number of nitrogens with two attached hydrogens (primary N) is 1. The molecule has 0 spiro atoms. The van der Waals surface area contributed by atoms with E-state index in [0.29, 0.717) is 17.7 Å². The number of aromatic nitrogens is 1. The molecule has 6 nitrogen and oxygen atoms in total. The molecule has 25 heavy (non-hydrogen) atoms. The summed E-state index contributed by atoms with van der Waals surface area (Å²) in [6.45, 7) is 1.83. The Balaban J connectivity index is 2.20. The summed E-state index contributed by atoms with van der Waals surface area (Å²) in [6, 6.07) is 6.68. The van der Waals surface area contributed by atoms with Crippen molar-refractivity contribution >= 4 is 40.8 Å². The number of hydrogen-bond acceptors (Lipinski definition) is 4. The Morgan fingerprint density at radius 2 is 1.76 bits per heavy atom. The highest BCUT2D eigenvalue weighted by atomic mass is 35.5. The summed E-state index contributed by atoms with van der Waals surface area (Å²) < 4.78 is 0. The number of anilines is 1. The molecule has 0 aliphatic carbocycles. The van der Waals surface area contributed by atoms with E-state index in [0.717, 1.165) is 0 Å². The van der Waals surface area contributed by atoms with Gasteiger partial charge in [-0.05, 0) is 24.1 Å². The predicted octanol–water partition coefficient (Wildman–Crippen LogP) is 3.68. The van der Waals surface area contributed by atoms with Crippen LogP contribution in [-0.4, -0.2) is 22.0 Å². The summed E-state index contributed by atoms with van der Waals surface area (Å²) in [5, 5.41) is 12.0. The van der Waals surface area contributed by atoms with E-state index >= 15 is 0 Å². The number of benzene rings is 1. The molecule has 0 saturated heterocycles. The quantitative estimate of drug-likeness (QED) is 0.707. The van der Waals surface area contributed by atoms with Gasteiger partial charge in [0.05, 0.1) is 27.6 Å².